The Hall–Kier alpha value is -1.98. The fraction of sp³-hybridized carbons (Fsp3) is 0. The fourth-order valence-corrected chi connectivity index (χ4v) is 1.22. The van der Waals surface area contributed by atoms with Gasteiger partial charge in [-0.05, 0) is 0 Å². The second-order valence-corrected chi connectivity index (χ2v) is 2.90. The van der Waals surface area contributed by atoms with E-state index in [0.717, 1.165) is 4.68 Å². The monoisotopic (exact) mass is 213 g/mol. The predicted octanol–water partition coefficient (Wildman–Crippen LogP) is 1.87. The van der Waals surface area contributed by atoms with Crippen LogP contribution in [-0.4, -0.2) is 9.78 Å². The molecular weight excluding hydrogens is 207 g/mol. The normalized spacial score (nSPS) is 10.6. The van der Waals surface area contributed by atoms with Crippen molar-refractivity contribution in [3.63, 3.8) is 0 Å². The Kier molecular flexibility index (Phi) is 2.11. The van der Waals surface area contributed by atoms with Crippen molar-refractivity contribution in [3.05, 3.63) is 41.8 Å². The van der Waals surface area contributed by atoms with Gasteiger partial charge in [0.1, 0.15) is 17.3 Å². The van der Waals surface area contributed by atoms with Crippen LogP contribution >= 0.6 is 0 Å². The van der Waals surface area contributed by atoms with Gasteiger partial charge in [0.2, 0.25) is 0 Å². The summed E-state index contributed by atoms with van der Waals surface area (Å²) in [5.41, 5.74) is 4.84. The molecule has 0 saturated heterocycles. The molecule has 0 atom stereocenters. The molecule has 0 fully saturated rings. The zero-order chi connectivity index (χ0) is 11.0. The molecule has 0 aliphatic heterocycles. The minimum Gasteiger partial charge on any atom is -0.382 e. The lowest BCUT2D eigenvalue weighted by atomic mass is 10.3. The Morgan fingerprint density at radius 3 is 2.20 bits per heavy atom. The van der Waals surface area contributed by atoms with Gasteiger partial charge < -0.3 is 5.73 Å². The Morgan fingerprint density at radius 1 is 1.13 bits per heavy atom. The summed E-state index contributed by atoms with van der Waals surface area (Å²) in [5, 5.41) is 3.62. The van der Waals surface area contributed by atoms with Crippen molar-refractivity contribution >= 4 is 5.82 Å². The van der Waals surface area contributed by atoms with Crippen LogP contribution < -0.4 is 5.73 Å². The number of benzene rings is 1. The molecule has 1 aromatic heterocycles. The maximum Gasteiger partial charge on any atom is 0.154 e. The minimum absolute atomic E-state index is 0.123. The maximum atomic E-state index is 13.2. The molecule has 2 aromatic rings. The average Bonchev–Trinajstić information content (AvgIpc) is 2.49. The van der Waals surface area contributed by atoms with Crippen LogP contribution in [0.5, 0.6) is 0 Å². The molecular formula is C9H6F3N3. The van der Waals surface area contributed by atoms with Crippen LogP contribution in [0.3, 0.4) is 0 Å². The molecule has 0 aliphatic rings. The van der Waals surface area contributed by atoms with Gasteiger partial charge in [0.25, 0.3) is 0 Å². The number of nitrogen functional groups attached to an aromatic ring is 1. The van der Waals surface area contributed by atoms with Crippen molar-refractivity contribution in [1.82, 2.24) is 9.78 Å². The first-order valence-corrected chi connectivity index (χ1v) is 4.04. The smallest absolute Gasteiger partial charge is 0.154 e. The number of halogens is 3. The number of hydrogen-bond donors (Lipinski definition) is 1. The first-order chi connectivity index (χ1) is 7.08. The number of rotatable bonds is 1. The van der Waals surface area contributed by atoms with Crippen LogP contribution in [-0.2, 0) is 0 Å². The Morgan fingerprint density at radius 2 is 1.73 bits per heavy atom. The standard InChI is InChI=1S/C9H6F3N3/c10-5-3-6(11)9(7(12)4-5)15-2-1-8(13)14-15/h1-4H,(H2,13,14). The first-order valence-electron chi connectivity index (χ1n) is 4.04. The van der Waals surface area contributed by atoms with Crippen LogP contribution in [0.25, 0.3) is 5.69 Å². The van der Waals surface area contributed by atoms with Gasteiger partial charge in [0, 0.05) is 24.4 Å². The summed E-state index contributed by atoms with van der Waals surface area (Å²) in [7, 11) is 0. The molecule has 2 N–H and O–H groups in total. The highest BCUT2D eigenvalue weighted by molar-refractivity contribution is 5.37. The molecule has 15 heavy (non-hydrogen) atoms. The Labute approximate surface area is 82.9 Å². The van der Waals surface area contributed by atoms with Gasteiger partial charge in [-0.2, -0.15) is 5.10 Å². The zero-order valence-corrected chi connectivity index (χ0v) is 7.42. The number of hydrogen-bond acceptors (Lipinski definition) is 2. The van der Waals surface area contributed by atoms with Gasteiger partial charge >= 0.3 is 0 Å². The van der Waals surface area contributed by atoms with Crippen molar-refractivity contribution in [2.75, 3.05) is 5.73 Å². The van der Waals surface area contributed by atoms with E-state index in [0.29, 0.717) is 12.1 Å². The van der Waals surface area contributed by atoms with Crippen molar-refractivity contribution in [2.24, 2.45) is 0 Å². The zero-order valence-electron chi connectivity index (χ0n) is 7.42. The lowest BCUT2D eigenvalue weighted by Gasteiger charge is -2.04. The van der Waals surface area contributed by atoms with Crippen LogP contribution in [0.15, 0.2) is 24.4 Å². The summed E-state index contributed by atoms with van der Waals surface area (Å²) < 4.78 is 40.0. The lowest BCUT2D eigenvalue weighted by molar-refractivity contribution is 0.528. The van der Waals surface area contributed by atoms with Gasteiger partial charge in [-0.25, -0.2) is 17.9 Å². The molecule has 6 heteroatoms. The van der Waals surface area contributed by atoms with E-state index in [-0.39, 0.29) is 5.82 Å². The van der Waals surface area contributed by atoms with Crippen molar-refractivity contribution in [1.29, 1.82) is 0 Å². The SMILES string of the molecule is Nc1ccn(-c2c(F)cc(F)cc2F)n1. The predicted molar refractivity (Wildman–Crippen MR) is 47.9 cm³/mol. The molecule has 1 aromatic carbocycles. The second-order valence-electron chi connectivity index (χ2n) is 2.90. The number of nitrogens with two attached hydrogens (primary N) is 1. The van der Waals surface area contributed by atoms with E-state index in [4.69, 9.17) is 5.73 Å². The highest BCUT2D eigenvalue weighted by Crippen LogP contribution is 2.18. The molecule has 0 spiro atoms. The van der Waals surface area contributed by atoms with E-state index in [1.165, 1.54) is 12.3 Å². The number of nitrogens with zero attached hydrogens (tertiary/aromatic N) is 2. The summed E-state index contributed by atoms with van der Waals surface area (Å²) in [6.45, 7) is 0. The van der Waals surface area contributed by atoms with Crippen LogP contribution in [0.1, 0.15) is 0 Å². The fourth-order valence-electron chi connectivity index (χ4n) is 1.22. The summed E-state index contributed by atoms with van der Waals surface area (Å²) in [4.78, 5) is 0. The molecule has 0 saturated carbocycles. The van der Waals surface area contributed by atoms with Gasteiger partial charge in [-0.1, -0.05) is 0 Å². The van der Waals surface area contributed by atoms with Gasteiger partial charge in [-0.15, -0.1) is 0 Å². The second kappa shape index (κ2) is 3.30. The third-order valence-electron chi connectivity index (χ3n) is 1.82. The molecule has 0 unspecified atom stereocenters. The van der Waals surface area contributed by atoms with Crippen molar-refractivity contribution < 1.29 is 13.2 Å². The van der Waals surface area contributed by atoms with Crippen LogP contribution in [0.4, 0.5) is 19.0 Å². The van der Waals surface area contributed by atoms with E-state index in [9.17, 15) is 13.2 Å². The molecule has 0 aliphatic carbocycles. The van der Waals surface area contributed by atoms with Gasteiger partial charge in [0.15, 0.2) is 11.6 Å². The van der Waals surface area contributed by atoms with Crippen LogP contribution in [0, 0.1) is 17.5 Å². The summed E-state index contributed by atoms with van der Waals surface area (Å²) in [6.07, 6.45) is 1.29. The Balaban J connectivity index is 2.62. The molecule has 0 bridgehead atoms. The van der Waals surface area contributed by atoms with Gasteiger partial charge in [-0.3, -0.25) is 0 Å². The molecule has 1 heterocycles. The number of anilines is 1. The maximum absolute atomic E-state index is 13.2. The number of aromatic nitrogens is 2. The van der Waals surface area contributed by atoms with Crippen molar-refractivity contribution in [2.45, 2.75) is 0 Å². The molecule has 3 nitrogen and oxygen atoms in total. The van der Waals surface area contributed by atoms with E-state index in [1.807, 2.05) is 0 Å². The Bertz CT molecular complexity index is 484. The van der Waals surface area contributed by atoms with E-state index in [1.54, 1.807) is 0 Å². The van der Waals surface area contributed by atoms with Crippen molar-refractivity contribution in [3.8, 4) is 5.69 Å². The lowest BCUT2D eigenvalue weighted by Crippen LogP contribution is -2.03. The third-order valence-corrected chi connectivity index (χ3v) is 1.82. The van der Waals surface area contributed by atoms with Crippen LogP contribution in [0.2, 0.25) is 0 Å². The van der Waals surface area contributed by atoms with E-state index in [2.05, 4.69) is 5.10 Å². The molecule has 2 rings (SSSR count). The summed E-state index contributed by atoms with van der Waals surface area (Å²) >= 11 is 0. The average molecular weight is 213 g/mol. The summed E-state index contributed by atoms with van der Waals surface area (Å²) in [5.74, 6) is -2.92. The third kappa shape index (κ3) is 1.65. The van der Waals surface area contributed by atoms with E-state index < -0.39 is 23.1 Å². The highest BCUT2D eigenvalue weighted by atomic mass is 19.1. The first kappa shape index (κ1) is 9.57. The molecule has 78 valence electrons. The molecule has 0 amide bonds. The summed E-state index contributed by atoms with van der Waals surface area (Å²) in [6, 6.07) is 2.54. The quantitative estimate of drug-likeness (QED) is 0.785. The topological polar surface area (TPSA) is 43.8 Å². The van der Waals surface area contributed by atoms with E-state index >= 15 is 0 Å². The van der Waals surface area contributed by atoms with Gasteiger partial charge in [0.05, 0.1) is 0 Å². The minimum atomic E-state index is -1.03. The largest absolute Gasteiger partial charge is 0.382 e. The molecule has 0 radical (unpaired) electrons. The highest BCUT2D eigenvalue weighted by Gasteiger charge is 2.13.